The third-order valence-electron chi connectivity index (χ3n) is 4.90. The summed E-state index contributed by atoms with van der Waals surface area (Å²) in [5.74, 6) is 3.35. The number of hydrogen-bond donors (Lipinski definition) is 0. The largest absolute Gasteiger partial charge is 1.00 e. The van der Waals surface area contributed by atoms with Crippen LogP contribution in [0.15, 0.2) is 47.6 Å². The van der Waals surface area contributed by atoms with Crippen molar-refractivity contribution in [1.29, 1.82) is 0 Å². The fourth-order valence-corrected chi connectivity index (χ4v) is 3.93. The first-order valence-corrected chi connectivity index (χ1v) is 17.3. The maximum Gasteiger partial charge on any atom is -1.00 e. The van der Waals surface area contributed by atoms with Gasteiger partial charge in [0.2, 0.25) is 0 Å². The molecule has 2 saturated carbocycles. The standard InChI is InChI=1S/2C10H13.C2H6Si.2ClH.Hf/c2*1-8-6-9-4-2-3-5-10(9)7-8;1-3-2;;;/h2*2-4,6,8,10H,5,7H2,1H3;1-2H3;2*1H;/q2*-1;;;;+2/p-2. The van der Waals surface area contributed by atoms with Crippen molar-refractivity contribution in [3.05, 3.63) is 60.4 Å². The van der Waals surface area contributed by atoms with Crippen molar-refractivity contribution < 1.29 is 47.8 Å². The summed E-state index contributed by atoms with van der Waals surface area (Å²) >= 11 is 1.45. The second-order valence-electron chi connectivity index (χ2n) is 7.81. The van der Waals surface area contributed by atoms with E-state index in [0.717, 1.165) is 23.7 Å². The Morgan fingerprint density at radius 1 is 0.846 bits per heavy atom. The summed E-state index contributed by atoms with van der Waals surface area (Å²) in [6.45, 7) is 9.27. The Hall–Kier alpha value is 0.367. The number of fused-ring (bicyclic) bond motifs is 2. The molecule has 0 spiro atoms. The monoisotopic (exact) mass is 574 g/mol. The van der Waals surface area contributed by atoms with Crippen LogP contribution in [0.3, 0.4) is 0 Å². The van der Waals surface area contributed by atoms with Gasteiger partial charge in [-0.1, -0.05) is 38.5 Å². The molecule has 4 aliphatic carbocycles. The summed E-state index contributed by atoms with van der Waals surface area (Å²) in [4.78, 5) is 0. The van der Waals surface area contributed by atoms with E-state index >= 15 is 0 Å². The molecule has 0 bridgehead atoms. The van der Waals surface area contributed by atoms with Crippen LogP contribution in [0.25, 0.3) is 0 Å². The molecule has 4 heteroatoms. The Morgan fingerprint density at radius 2 is 1.19 bits per heavy atom. The average molecular weight is 574 g/mol. The van der Waals surface area contributed by atoms with Crippen LogP contribution in [0, 0.1) is 36.5 Å². The van der Waals surface area contributed by atoms with Crippen molar-refractivity contribution in [3.63, 3.8) is 0 Å². The molecule has 0 aromatic heterocycles. The molecule has 2 fully saturated rings. The minimum atomic E-state index is 0. The van der Waals surface area contributed by atoms with Crippen molar-refractivity contribution in [2.45, 2.75) is 52.6 Å². The number of allylic oxidation sites excluding steroid dienone is 8. The van der Waals surface area contributed by atoms with E-state index in [0.29, 0.717) is 0 Å². The van der Waals surface area contributed by atoms with Crippen molar-refractivity contribution in [1.82, 2.24) is 0 Å². The molecule has 0 amide bonds. The predicted molar refractivity (Wildman–Crippen MR) is 104 cm³/mol. The zero-order valence-electron chi connectivity index (χ0n) is 16.5. The molecule has 0 heterocycles. The van der Waals surface area contributed by atoms with E-state index in [1.165, 1.54) is 48.7 Å². The van der Waals surface area contributed by atoms with E-state index in [1.54, 1.807) is 11.1 Å². The van der Waals surface area contributed by atoms with E-state index in [9.17, 15) is 0 Å². The van der Waals surface area contributed by atoms with Gasteiger partial charge in [-0.25, -0.2) is 36.1 Å². The predicted octanol–water partition coefficient (Wildman–Crippen LogP) is 0.258. The fraction of sp³-hybridized carbons (Fsp3) is 0.545. The van der Waals surface area contributed by atoms with E-state index in [-0.39, 0.29) is 30.3 Å². The van der Waals surface area contributed by atoms with Gasteiger partial charge in [0, 0.05) is 0 Å². The van der Waals surface area contributed by atoms with E-state index in [1.807, 2.05) is 0 Å². The van der Waals surface area contributed by atoms with Gasteiger partial charge in [0.25, 0.3) is 0 Å². The van der Waals surface area contributed by atoms with Gasteiger partial charge in [-0.2, -0.15) is 0 Å². The van der Waals surface area contributed by atoms with Crippen LogP contribution in [0.5, 0.6) is 0 Å². The van der Waals surface area contributed by atoms with Crippen LogP contribution < -0.4 is 24.8 Å². The Bertz CT molecular complexity index is 514. The molecule has 0 aliphatic heterocycles. The van der Waals surface area contributed by atoms with Crippen molar-refractivity contribution in [3.8, 4) is 0 Å². The molecule has 4 rings (SSSR count). The summed E-state index contributed by atoms with van der Waals surface area (Å²) < 4.78 is 0. The minimum Gasteiger partial charge on any atom is -1.00 e. The second-order valence-corrected chi connectivity index (χ2v) is 20.6. The van der Waals surface area contributed by atoms with Gasteiger partial charge in [0.05, 0.1) is 0 Å². The Kier molecular flexibility index (Phi) is 13.7. The van der Waals surface area contributed by atoms with Crippen LogP contribution in [0.1, 0.15) is 39.5 Å². The molecule has 0 N–H and O–H groups in total. The molecule has 4 atom stereocenters. The molecular formula is C22H32Cl2HfSi-2. The molecule has 0 nitrogen and oxygen atoms in total. The molecule has 144 valence electrons. The number of halogens is 2. The quantitative estimate of drug-likeness (QED) is 0.288. The molecule has 0 saturated heterocycles. The van der Waals surface area contributed by atoms with Crippen molar-refractivity contribution >= 4 is 5.49 Å². The van der Waals surface area contributed by atoms with Crippen LogP contribution in [-0.4, -0.2) is 5.49 Å². The Balaban J connectivity index is 0.000000378. The molecule has 0 radical (unpaired) electrons. The van der Waals surface area contributed by atoms with Gasteiger partial charge in [0.1, 0.15) is 0 Å². The van der Waals surface area contributed by atoms with Crippen molar-refractivity contribution in [2.24, 2.45) is 23.7 Å². The normalized spacial score (nSPS) is 29.3. The maximum absolute atomic E-state index is 2.41. The first-order chi connectivity index (χ1) is 11.5. The summed E-state index contributed by atoms with van der Waals surface area (Å²) in [5.41, 5.74) is 3.42. The summed E-state index contributed by atoms with van der Waals surface area (Å²) in [7, 11) is 0. The van der Waals surface area contributed by atoms with Gasteiger partial charge < -0.3 is 24.8 Å². The van der Waals surface area contributed by atoms with Crippen LogP contribution in [0.2, 0.25) is 13.1 Å². The van der Waals surface area contributed by atoms with E-state index in [4.69, 9.17) is 0 Å². The molecule has 0 aromatic rings. The molecule has 26 heavy (non-hydrogen) atoms. The molecule has 4 aliphatic rings. The van der Waals surface area contributed by atoms with Gasteiger partial charge in [-0.15, -0.1) is 24.3 Å². The molecule has 4 unspecified atom stereocenters. The summed E-state index contributed by atoms with van der Waals surface area (Å²) in [6.07, 6.45) is 23.5. The van der Waals surface area contributed by atoms with Crippen LogP contribution >= 0.6 is 0 Å². The third-order valence-corrected chi connectivity index (χ3v) is 4.90. The average Bonchev–Trinajstić information content (AvgIpc) is 3.07. The van der Waals surface area contributed by atoms with Crippen LogP contribution in [-0.2, 0) is 23.0 Å². The van der Waals surface area contributed by atoms with Gasteiger partial charge in [0.15, 0.2) is 0 Å². The number of hydrogen-bond acceptors (Lipinski definition) is 0. The van der Waals surface area contributed by atoms with Gasteiger partial charge >= 0.3 is 41.6 Å². The topological polar surface area (TPSA) is 0 Å². The zero-order valence-corrected chi connectivity index (χ0v) is 22.6. The summed E-state index contributed by atoms with van der Waals surface area (Å²) in [5, 5.41) is 0. The smallest absolute Gasteiger partial charge is 1.00 e. The SMILES string of the molecule is CC1[CH-]C2=CC=CCC2C1.CC1[CH-]C2=CC=CCC2C1.C[Si](C)=[Hf+2].[Cl-].[Cl-]. The molecular weight excluding hydrogens is 542 g/mol. The van der Waals surface area contributed by atoms with Gasteiger partial charge in [-0.05, 0) is 24.7 Å². The Labute approximate surface area is 189 Å². The third kappa shape index (κ3) is 9.04. The van der Waals surface area contributed by atoms with E-state index < -0.39 is 0 Å². The summed E-state index contributed by atoms with van der Waals surface area (Å²) in [6, 6.07) is 0. The van der Waals surface area contributed by atoms with Crippen LogP contribution in [0.4, 0.5) is 0 Å². The first-order valence-electron chi connectivity index (χ1n) is 9.40. The van der Waals surface area contributed by atoms with Crippen molar-refractivity contribution in [2.75, 3.05) is 0 Å². The Morgan fingerprint density at radius 3 is 1.50 bits per heavy atom. The maximum atomic E-state index is 2.41. The zero-order chi connectivity index (χ0) is 17.5. The number of rotatable bonds is 0. The first kappa shape index (κ1) is 26.4. The fourth-order valence-electron chi connectivity index (χ4n) is 3.93. The molecule has 0 aromatic carbocycles. The minimum absolute atomic E-state index is 0. The van der Waals surface area contributed by atoms with Gasteiger partial charge in [-0.3, -0.25) is 0 Å². The second kappa shape index (κ2) is 13.5. The van der Waals surface area contributed by atoms with E-state index in [2.05, 4.69) is 76.2 Å².